The molecular weight excluding hydrogens is 789 g/mol. The zero-order valence-electron chi connectivity index (χ0n) is 42.3. The van der Waals surface area contributed by atoms with Crippen molar-refractivity contribution >= 4 is 11.9 Å². The van der Waals surface area contributed by atoms with Crippen LogP contribution >= 0.6 is 0 Å². The topological polar surface area (TPSA) is 61.8 Å². The molecule has 5 heteroatoms. The summed E-state index contributed by atoms with van der Waals surface area (Å²) in [5.74, 6) is -0.497. The molecule has 0 aliphatic heterocycles. The molecule has 368 valence electrons. The second-order valence-corrected chi connectivity index (χ2v) is 17.7. The first-order valence-electron chi connectivity index (χ1n) is 27.1. The minimum Gasteiger partial charge on any atom is -0.462 e. The third kappa shape index (κ3) is 51.7. The van der Waals surface area contributed by atoms with Crippen molar-refractivity contribution in [1.82, 2.24) is 0 Å². The van der Waals surface area contributed by atoms with Gasteiger partial charge in [-0.2, -0.15) is 0 Å². The molecule has 64 heavy (non-hydrogen) atoms. The largest absolute Gasteiger partial charge is 0.462 e. The Balaban J connectivity index is 4.33. The van der Waals surface area contributed by atoms with Crippen molar-refractivity contribution in [3.05, 3.63) is 85.1 Å². The lowest BCUT2D eigenvalue weighted by atomic mass is 10.1. The summed E-state index contributed by atoms with van der Waals surface area (Å²) in [5, 5.41) is 0. The molecule has 0 rings (SSSR count). The Morgan fingerprint density at radius 3 is 1.23 bits per heavy atom. The minimum absolute atomic E-state index is 0.0488. The first-order valence-corrected chi connectivity index (χ1v) is 27.1. The van der Waals surface area contributed by atoms with E-state index in [2.05, 4.69) is 99.8 Å². The molecule has 0 aromatic carbocycles. The lowest BCUT2D eigenvalue weighted by Gasteiger charge is -2.18. The van der Waals surface area contributed by atoms with Crippen LogP contribution in [0.3, 0.4) is 0 Å². The molecule has 5 nitrogen and oxygen atoms in total. The van der Waals surface area contributed by atoms with Gasteiger partial charge in [-0.25, -0.2) is 0 Å². The summed E-state index contributed by atoms with van der Waals surface area (Å²) in [6.45, 7) is 7.59. The highest BCUT2D eigenvalue weighted by Gasteiger charge is 2.17. The third-order valence-electron chi connectivity index (χ3n) is 11.4. The van der Waals surface area contributed by atoms with Crippen LogP contribution in [0.4, 0.5) is 0 Å². The Morgan fingerprint density at radius 1 is 0.359 bits per heavy atom. The summed E-state index contributed by atoms with van der Waals surface area (Å²) in [4.78, 5) is 25.4. The van der Waals surface area contributed by atoms with Crippen molar-refractivity contribution in [2.45, 2.75) is 258 Å². The van der Waals surface area contributed by atoms with Gasteiger partial charge in [-0.15, -0.1) is 0 Å². The number of carbonyl (C=O) groups excluding carboxylic acids is 2. The van der Waals surface area contributed by atoms with E-state index in [1.54, 1.807) is 0 Å². The van der Waals surface area contributed by atoms with Gasteiger partial charge < -0.3 is 14.2 Å². The van der Waals surface area contributed by atoms with E-state index in [4.69, 9.17) is 14.2 Å². The number of ether oxygens (including phenoxy) is 3. The van der Waals surface area contributed by atoms with Gasteiger partial charge in [0.2, 0.25) is 0 Å². The summed E-state index contributed by atoms with van der Waals surface area (Å²) in [6.07, 6.45) is 71.8. The van der Waals surface area contributed by atoms with Crippen LogP contribution in [0.25, 0.3) is 0 Å². The molecule has 0 heterocycles. The zero-order chi connectivity index (χ0) is 46.3. The summed E-state index contributed by atoms with van der Waals surface area (Å²) in [7, 11) is 0. The number of carbonyl (C=O) groups is 2. The van der Waals surface area contributed by atoms with Crippen molar-refractivity contribution in [3.63, 3.8) is 0 Å². The van der Waals surface area contributed by atoms with E-state index >= 15 is 0 Å². The van der Waals surface area contributed by atoms with Gasteiger partial charge in [0, 0.05) is 19.4 Å². The molecule has 0 aliphatic rings. The predicted molar refractivity (Wildman–Crippen MR) is 279 cm³/mol. The fraction of sp³-hybridized carbons (Fsp3) is 0.729. The number of unbranched alkanes of at least 4 members (excludes halogenated alkanes) is 24. The van der Waals surface area contributed by atoms with E-state index in [-0.39, 0.29) is 25.2 Å². The van der Waals surface area contributed by atoms with Gasteiger partial charge in [-0.05, 0) is 103 Å². The van der Waals surface area contributed by atoms with Crippen LogP contribution in [0.5, 0.6) is 0 Å². The van der Waals surface area contributed by atoms with Gasteiger partial charge in [-0.1, -0.05) is 221 Å². The monoisotopic (exact) mass is 891 g/mol. The Kier molecular flexibility index (Phi) is 51.9. The molecule has 0 bridgehead atoms. The number of esters is 2. The van der Waals surface area contributed by atoms with E-state index in [0.29, 0.717) is 25.9 Å². The summed E-state index contributed by atoms with van der Waals surface area (Å²) >= 11 is 0. The van der Waals surface area contributed by atoms with E-state index in [0.717, 1.165) is 64.2 Å². The van der Waals surface area contributed by atoms with Crippen molar-refractivity contribution in [3.8, 4) is 0 Å². The highest BCUT2D eigenvalue weighted by molar-refractivity contribution is 5.70. The first kappa shape index (κ1) is 61.1. The molecule has 0 saturated heterocycles. The van der Waals surface area contributed by atoms with Crippen LogP contribution in [0.15, 0.2) is 85.1 Å². The van der Waals surface area contributed by atoms with Gasteiger partial charge >= 0.3 is 11.9 Å². The average molecular weight is 891 g/mol. The number of allylic oxidation sites excluding steroid dienone is 14. The van der Waals surface area contributed by atoms with Crippen LogP contribution in [0.2, 0.25) is 0 Å². The molecule has 0 saturated carbocycles. The van der Waals surface area contributed by atoms with E-state index in [1.807, 2.05) is 6.08 Å². The summed E-state index contributed by atoms with van der Waals surface area (Å²) in [6, 6.07) is 0. The van der Waals surface area contributed by atoms with Crippen molar-refractivity contribution < 1.29 is 23.8 Å². The van der Waals surface area contributed by atoms with Crippen LogP contribution in [0, 0.1) is 0 Å². The van der Waals surface area contributed by atoms with Crippen LogP contribution < -0.4 is 0 Å². The highest BCUT2D eigenvalue weighted by atomic mass is 16.6. The van der Waals surface area contributed by atoms with Gasteiger partial charge in [0.15, 0.2) is 6.10 Å². The lowest BCUT2D eigenvalue weighted by Crippen LogP contribution is -2.30. The quantitative estimate of drug-likeness (QED) is 0.0346. The molecule has 1 atom stereocenters. The number of hydrogen-bond acceptors (Lipinski definition) is 5. The highest BCUT2D eigenvalue weighted by Crippen LogP contribution is 2.14. The third-order valence-corrected chi connectivity index (χ3v) is 11.4. The summed E-state index contributed by atoms with van der Waals surface area (Å²) in [5.41, 5.74) is 0. The molecular formula is C59H102O5. The maximum atomic E-state index is 12.8. The zero-order valence-corrected chi connectivity index (χ0v) is 42.3. The Labute approximate surface area is 397 Å². The maximum Gasteiger partial charge on any atom is 0.306 e. The fourth-order valence-electron chi connectivity index (χ4n) is 7.37. The van der Waals surface area contributed by atoms with Gasteiger partial charge in [0.05, 0.1) is 6.61 Å². The summed E-state index contributed by atoms with van der Waals surface area (Å²) < 4.78 is 17.3. The molecule has 0 fully saturated rings. The molecule has 0 aromatic heterocycles. The number of hydrogen-bond donors (Lipinski definition) is 0. The molecule has 0 aliphatic carbocycles. The van der Waals surface area contributed by atoms with Gasteiger partial charge in [0.25, 0.3) is 0 Å². The van der Waals surface area contributed by atoms with Crippen LogP contribution in [-0.2, 0) is 23.8 Å². The van der Waals surface area contributed by atoms with E-state index in [9.17, 15) is 9.59 Å². The predicted octanol–water partition coefficient (Wildman–Crippen LogP) is 18.5. The van der Waals surface area contributed by atoms with Gasteiger partial charge in [-0.3, -0.25) is 9.59 Å². The van der Waals surface area contributed by atoms with Crippen LogP contribution in [0.1, 0.15) is 252 Å². The molecule has 0 N–H and O–H groups in total. The Hall–Kier alpha value is -2.92. The molecule has 0 aromatic rings. The molecule has 0 amide bonds. The first-order chi connectivity index (χ1) is 31.6. The van der Waals surface area contributed by atoms with Crippen molar-refractivity contribution in [1.29, 1.82) is 0 Å². The van der Waals surface area contributed by atoms with Crippen LogP contribution in [-0.4, -0.2) is 37.9 Å². The van der Waals surface area contributed by atoms with Gasteiger partial charge in [0.1, 0.15) is 6.61 Å². The smallest absolute Gasteiger partial charge is 0.306 e. The Bertz CT molecular complexity index is 1190. The van der Waals surface area contributed by atoms with E-state index in [1.165, 1.54) is 148 Å². The SMILES string of the molecule is CC/C=C\C/C=C\C/C=C\C/C=C\CCC(=O)OC(COCCCCCCCC/C=C\C/C=C\CCCCC)COC(=O)CCCCCCCCCCC/C=C\CCCCCCCC. The average Bonchev–Trinajstić information content (AvgIpc) is 3.30. The molecule has 0 radical (unpaired) electrons. The fourth-order valence-corrected chi connectivity index (χ4v) is 7.37. The van der Waals surface area contributed by atoms with Crippen molar-refractivity contribution in [2.24, 2.45) is 0 Å². The van der Waals surface area contributed by atoms with Crippen molar-refractivity contribution in [2.75, 3.05) is 19.8 Å². The second-order valence-electron chi connectivity index (χ2n) is 17.7. The normalized spacial score (nSPS) is 12.9. The molecule has 0 spiro atoms. The molecule has 1 unspecified atom stereocenters. The lowest BCUT2D eigenvalue weighted by molar-refractivity contribution is -0.162. The Morgan fingerprint density at radius 2 is 0.734 bits per heavy atom. The standard InChI is InChI=1S/C59H102O5/c1-4-7-10-13-16-19-22-25-27-29-30-31-32-35-37-40-43-46-49-52-58(60)63-56-57(64-59(61)53-50-47-44-41-38-34-24-21-18-15-12-9-6-3)55-62-54-51-48-45-42-39-36-33-28-26-23-20-17-14-11-8-5-2/h9,12,17-18,20-21,25-28,34,38,44,47,57H,4-8,10-11,13-16,19,22-24,29-33,35-37,39-43,45-46,48-56H2,1-3H3/b12-9-,20-17-,21-18-,27-25-,28-26-,38-34-,47-44-. The van der Waals surface area contributed by atoms with E-state index < -0.39 is 6.10 Å². The number of rotatable bonds is 49. The minimum atomic E-state index is -0.584. The second kappa shape index (κ2) is 54.4. The maximum absolute atomic E-state index is 12.8.